The van der Waals surface area contributed by atoms with Gasteiger partial charge in [-0.1, -0.05) is 0 Å². The number of aromatic nitrogens is 2. The van der Waals surface area contributed by atoms with Crippen molar-refractivity contribution in [3.63, 3.8) is 0 Å². The molecule has 110 valence electrons. The smallest absolute Gasteiger partial charge is 0.305 e. The van der Waals surface area contributed by atoms with E-state index in [0.29, 0.717) is 12.3 Å². The van der Waals surface area contributed by atoms with E-state index in [1.54, 1.807) is 6.07 Å². The Balaban J connectivity index is 2.25. The van der Waals surface area contributed by atoms with E-state index < -0.39 is 5.97 Å². The van der Waals surface area contributed by atoms with Crippen LogP contribution in [0.25, 0.3) is 11.3 Å². The SMILES string of the molecule is CCOc1ccc(-c2ccc(=O)n(CCC(=O)O)n2)cc1. The van der Waals surface area contributed by atoms with Gasteiger partial charge in [-0.2, -0.15) is 5.10 Å². The summed E-state index contributed by atoms with van der Waals surface area (Å²) in [6.45, 7) is 2.56. The fourth-order valence-corrected chi connectivity index (χ4v) is 1.85. The van der Waals surface area contributed by atoms with Crippen LogP contribution in [0.2, 0.25) is 0 Å². The van der Waals surface area contributed by atoms with Crippen LogP contribution in [0.15, 0.2) is 41.2 Å². The zero-order chi connectivity index (χ0) is 15.2. The van der Waals surface area contributed by atoms with Gasteiger partial charge in [0, 0.05) is 11.6 Å². The summed E-state index contributed by atoms with van der Waals surface area (Å²) in [6, 6.07) is 10.4. The van der Waals surface area contributed by atoms with Crippen LogP contribution in [0.1, 0.15) is 13.3 Å². The van der Waals surface area contributed by atoms with Crippen molar-refractivity contribution in [1.29, 1.82) is 0 Å². The Morgan fingerprint density at radius 2 is 1.95 bits per heavy atom. The van der Waals surface area contributed by atoms with E-state index in [9.17, 15) is 9.59 Å². The van der Waals surface area contributed by atoms with Crippen LogP contribution in [0.5, 0.6) is 5.75 Å². The molecule has 1 aromatic heterocycles. The van der Waals surface area contributed by atoms with Gasteiger partial charge in [0.15, 0.2) is 0 Å². The molecule has 1 aromatic carbocycles. The molecule has 0 bridgehead atoms. The van der Waals surface area contributed by atoms with Crippen molar-refractivity contribution in [2.45, 2.75) is 19.9 Å². The minimum Gasteiger partial charge on any atom is -0.494 e. The molecule has 0 saturated carbocycles. The third-order valence-electron chi connectivity index (χ3n) is 2.87. The van der Waals surface area contributed by atoms with Gasteiger partial charge in [-0.25, -0.2) is 4.68 Å². The van der Waals surface area contributed by atoms with E-state index in [4.69, 9.17) is 9.84 Å². The van der Waals surface area contributed by atoms with Crippen LogP contribution in [0, 0.1) is 0 Å². The number of aryl methyl sites for hydroxylation is 1. The molecule has 0 aliphatic heterocycles. The molecule has 21 heavy (non-hydrogen) atoms. The van der Waals surface area contributed by atoms with E-state index in [0.717, 1.165) is 11.3 Å². The zero-order valence-corrected chi connectivity index (χ0v) is 11.7. The number of ether oxygens (including phenoxy) is 1. The fourth-order valence-electron chi connectivity index (χ4n) is 1.85. The molecule has 2 aromatic rings. The van der Waals surface area contributed by atoms with Gasteiger partial charge in [0.1, 0.15) is 5.75 Å². The first kappa shape index (κ1) is 14.8. The van der Waals surface area contributed by atoms with Crippen LogP contribution in [-0.2, 0) is 11.3 Å². The number of nitrogens with zero attached hydrogens (tertiary/aromatic N) is 2. The molecule has 0 saturated heterocycles. The molecule has 1 N–H and O–H groups in total. The second-order valence-electron chi connectivity index (χ2n) is 4.38. The van der Waals surface area contributed by atoms with Crippen LogP contribution >= 0.6 is 0 Å². The molecule has 0 atom stereocenters. The number of benzene rings is 1. The predicted octanol–water partition coefficient (Wildman–Crippen LogP) is 1.78. The lowest BCUT2D eigenvalue weighted by molar-refractivity contribution is -0.137. The molecule has 0 radical (unpaired) electrons. The summed E-state index contributed by atoms with van der Waals surface area (Å²) in [5, 5.41) is 12.9. The molecular weight excluding hydrogens is 272 g/mol. The molecule has 0 fully saturated rings. The van der Waals surface area contributed by atoms with Crippen molar-refractivity contribution >= 4 is 5.97 Å². The van der Waals surface area contributed by atoms with Crippen molar-refractivity contribution in [2.24, 2.45) is 0 Å². The number of rotatable bonds is 6. The van der Waals surface area contributed by atoms with Crippen LogP contribution < -0.4 is 10.3 Å². The minimum absolute atomic E-state index is 0.0546. The van der Waals surface area contributed by atoms with Gasteiger partial charge in [-0.3, -0.25) is 9.59 Å². The number of aliphatic carboxylic acids is 1. The maximum atomic E-state index is 11.6. The van der Waals surface area contributed by atoms with Gasteiger partial charge in [0.2, 0.25) is 0 Å². The van der Waals surface area contributed by atoms with E-state index >= 15 is 0 Å². The second kappa shape index (κ2) is 6.69. The van der Waals surface area contributed by atoms with E-state index in [2.05, 4.69) is 5.10 Å². The first-order valence-electron chi connectivity index (χ1n) is 6.63. The van der Waals surface area contributed by atoms with Crippen molar-refractivity contribution in [2.75, 3.05) is 6.61 Å². The van der Waals surface area contributed by atoms with Crippen LogP contribution in [-0.4, -0.2) is 27.5 Å². The molecule has 0 amide bonds. The van der Waals surface area contributed by atoms with Crippen LogP contribution in [0.4, 0.5) is 0 Å². The highest BCUT2D eigenvalue weighted by atomic mass is 16.5. The van der Waals surface area contributed by atoms with Gasteiger partial charge in [-0.15, -0.1) is 0 Å². The lowest BCUT2D eigenvalue weighted by Gasteiger charge is -2.07. The molecule has 1 heterocycles. The summed E-state index contributed by atoms with van der Waals surface area (Å²) in [7, 11) is 0. The van der Waals surface area contributed by atoms with Crippen LogP contribution in [0.3, 0.4) is 0 Å². The quantitative estimate of drug-likeness (QED) is 0.876. The molecule has 6 nitrogen and oxygen atoms in total. The van der Waals surface area contributed by atoms with Crippen molar-refractivity contribution in [1.82, 2.24) is 9.78 Å². The third kappa shape index (κ3) is 3.92. The summed E-state index contributed by atoms with van der Waals surface area (Å²) < 4.78 is 6.53. The molecule has 6 heteroatoms. The van der Waals surface area contributed by atoms with Crippen molar-refractivity contribution in [3.8, 4) is 17.0 Å². The predicted molar refractivity (Wildman–Crippen MR) is 77.4 cm³/mol. The number of carboxylic acid groups (broad SMARTS) is 1. The van der Waals surface area contributed by atoms with E-state index in [-0.39, 0.29) is 18.5 Å². The lowest BCUT2D eigenvalue weighted by Crippen LogP contribution is -2.23. The molecule has 0 aliphatic carbocycles. The lowest BCUT2D eigenvalue weighted by atomic mass is 10.1. The maximum Gasteiger partial charge on any atom is 0.305 e. The topological polar surface area (TPSA) is 81.4 Å². The average Bonchev–Trinajstić information content (AvgIpc) is 2.47. The monoisotopic (exact) mass is 288 g/mol. The highest BCUT2D eigenvalue weighted by Crippen LogP contribution is 2.19. The molecule has 2 rings (SSSR count). The normalized spacial score (nSPS) is 10.3. The number of hydrogen-bond acceptors (Lipinski definition) is 4. The summed E-state index contributed by atoms with van der Waals surface area (Å²) in [4.78, 5) is 22.2. The average molecular weight is 288 g/mol. The zero-order valence-electron chi connectivity index (χ0n) is 11.7. The van der Waals surface area contributed by atoms with Gasteiger partial charge in [0.25, 0.3) is 5.56 Å². The van der Waals surface area contributed by atoms with E-state index in [1.165, 1.54) is 10.7 Å². The number of carboxylic acids is 1. The minimum atomic E-state index is -0.963. The summed E-state index contributed by atoms with van der Waals surface area (Å²) >= 11 is 0. The number of hydrogen-bond donors (Lipinski definition) is 1. The Hall–Kier alpha value is -2.63. The molecule has 0 aliphatic rings. The molecular formula is C15H16N2O4. The molecule has 0 unspecified atom stereocenters. The maximum absolute atomic E-state index is 11.6. The Morgan fingerprint density at radius 3 is 2.57 bits per heavy atom. The van der Waals surface area contributed by atoms with Crippen molar-refractivity contribution < 1.29 is 14.6 Å². The van der Waals surface area contributed by atoms with Gasteiger partial charge < -0.3 is 9.84 Å². The highest BCUT2D eigenvalue weighted by Gasteiger charge is 2.05. The summed E-state index contributed by atoms with van der Waals surface area (Å²) in [5.41, 5.74) is 1.14. The highest BCUT2D eigenvalue weighted by molar-refractivity contribution is 5.66. The standard InChI is InChI=1S/C15H16N2O4/c1-2-21-12-5-3-11(4-6-12)13-7-8-14(18)17(16-13)10-9-15(19)20/h3-8H,2,9-10H2,1H3,(H,19,20). The second-order valence-corrected chi connectivity index (χ2v) is 4.38. The third-order valence-corrected chi connectivity index (χ3v) is 2.87. The van der Waals surface area contributed by atoms with Gasteiger partial charge >= 0.3 is 5.97 Å². The summed E-state index contributed by atoms with van der Waals surface area (Å²) in [6.07, 6.45) is -0.139. The largest absolute Gasteiger partial charge is 0.494 e. The Bertz CT molecular complexity index is 677. The Labute approximate surface area is 121 Å². The van der Waals surface area contributed by atoms with Gasteiger partial charge in [0.05, 0.1) is 25.3 Å². The first-order chi connectivity index (χ1) is 10.1. The summed E-state index contributed by atoms with van der Waals surface area (Å²) in [5.74, 6) is -0.199. The molecule has 0 spiro atoms. The Morgan fingerprint density at radius 1 is 1.24 bits per heavy atom. The Kier molecular flexibility index (Phi) is 4.71. The fraction of sp³-hybridized carbons (Fsp3) is 0.267. The van der Waals surface area contributed by atoms with E-state index in [1.807, 2.05) is 31.2 Å². The first-order valence-corrected chi connectivity index (χ1v) is 6.63. The number of carbonyl (C=O) groups is 1. The van der Waals surface area contributed by atoms with Gasteiger partial charge in [-0.05, 0) is 37.3 Å². The van der Waals surface area contributed by atoms with Crippen molar-refractivity contribution in [3.05, 3.63) is 46.8 Å².